The predicted octanol–water partition coefficient (Wildman–Crippen LogP) is 5.23. The van der Waals surface area contributed by atoms with E-state index >= 15 is 0 Å². The van der Waals surface area contributed by atoms with Crippen molar-refractivity contribution in [3.63, 3.8) is 0 Å². The SMILES string of the molecule is CCC[C@@H](NC(=O)N1C(=O)C(CC)(CC)[C@@H]1Oc1ccc(CC(=O)O)cc1)c1ccc(C)cc1. The van der Waals surface area contributed by atoms with E-state index in [1.165, 1.54) is 4.90 Å². The molecule has 34 heavy (non-hydrogen) atoms. The fourth-order valence-corrected chi connectivity index (χ4v) is 4.52. The highest BCUT2D eigenvalue weighted by atomic mass is 16.5. The molecule has 2 aromatic carbocycles. The summed E-state index contributed by atoms with van der Waals surface area (Å²) < 4.78 is 6.17. The number of hydrogen-bond donors (Lipinski definition) is 2. The molecule has 1 saturated heterocycles. The van der Waals surface area contributed by atoms with Crippen LogP contribution in [-0.4, -0.2) is 34.1 Å². The average Bonchev–Trinajstić information content (AvgIpc) is 2.81. The molecule has 0 spiro atoms. The van der Waals surface area contributed by atoms with Crippen LogP contribution in [0.25, 0.3) is 0 Å². The summed E-state index contributed by atoms with van der Waals surface area (Å²) in [5.74, 6) is -0.659. The summed E-state index contributed by atoms with van der Waals surface area (Å²) in [6.07, 6.45) is 1.90. The Hall–Kier alpha value is -3.35. The first-order valence-electron chi connectivity index (χ1n) is 11.9. The number of aryl methyl sites for hydroxylation is 1. The second kappa shape index (κ2) is 10.7. The lowest BCUT2D eigenvalue weighted by atomic mass is 9.72. The lowest BCUT2D eigenvalue weighted by Crippen LogP contribution is -2.73. The van der Waals surface area contributed by atoms with Gasteiger partial charge in [0.25, 0.3) is 0 Å². The fraction of sp³-hybridized carbons (Fsp3) is 0.444. The van der Waals surface area contributed by atoms with Gasteiger partial charge in [0, 0.05) is 0 Å². The number of aliphatic carboxylic acids is 1. The molecule has 1 aliphatic heterocycles. The Morgan fingerprint density at radius 1 is 1.06 bits per heavy atom. The van der Waals surface area contributed by atoms with E-state index in [9.17, 15) is 14.4 Å². The van der Waals surface area contributed by atoms with E-state index < -0.39 is 23.6 Å². The summed E-state index contributed by atoms with van der Waals surface area (Å²) in [5.41, 5.74) is 2.01. The average molecular weight is 467 g/mol. The summed E-state index contributed by atoms with van der Waals surface area (Å²) >= 11 is 0. The van der Waals surface area contributed by atoms with E-state index in [-0.39, 0.29) is 18.4 Å². The van der Waals surface area contributed by atoms with Gasteiger partial charge in [-0.1, -0.05) is 69.2 Å². The maximum Gasteiger partial charge on any atom is 0.327 e. The van der Waals surface area contributed by atoms with Gasteiger partial charge in [0.05, 0.1) is 12.5 Å². The fourth-order valence-electron chi connectivity index (χ4n) is 4.52. The molecule has 7 nitrogen and oxygen atoms in total. The Bertz CT molecular complexity index is 1010. The first-order chi connectivity index (χ1) is 16.2. The number of carbonyl (C=O) groups is 3. The topological polar surface area (TPSA) is 95.9 Å². The number of imide groups is 1. The van der Waals surface area contributed by atoms with Gasteiger partial charge >= 0.3 is 12.0 Å². The van der Waals surface area contributed by atoms with Gasteiger partial charge in [0.15, 0.2) is 6.23 Å². The van der Waals surface area contributed by atoms with Crippen LogP contribution in [0.5, 0.6) is 5.75 Å². The van der Waals surface area contributed by atoms with E-state index in [0.29, 0.717) is 24.2 Å². The molecule has 1 aliphatic rings. The molecule has 2 aromatic rings. The van der Waals surface area contributed by atoms with Crippen LogP contribution in [0.3, 0.4) is 0 Å². The molecule has 0 unspecified atom stereocenters. The molecule has 3 amide bonds. The number of hydrogen-bond acceptors (Lipinski definition) is 4. The zero-order chi connectivity index (χ0) is 24.9. The minimum Gasteiger partial charge on any atom is -0.481 e. The lowest BCUT2D eigenvalue weighted by Gasteiger charge is -2.53. The van der Waals surface area contributed by atoms with Crippen molar-refractivity contribution in [2.75, 3.05) is 0 Å². The van der Waals surface area contributed by atoms with Gasteiger partial charge in [-0.2, -0.15) is 0 Å². The van der Waals surface area contributed by atoms with E-state index in [0.717, 1.165) is 24.0 Å². The van der Waals surface area contributed by atoms with E-state index in [2.05, 4.69) is 12.2 Å². The van der Waals surface area contributed by atoms with E-state index in [1.54, 1.807) is 24.3 Å². The molecular weight excluding hydrogens is 432 g/mol. The second-order valence-electron chi connectivity index (χ2n) is 8.92. The molecule has 0 saturated carbocycles. The van der Waals surface area contributed by atoms with Crippen LogP contribution in [0, 0.1) is 12.3 Å². The number of ether oxygens (including phenoxy) is 1. The normalized spacial score (nSPS) is 17.6. The van der Waals surface area contributed by atoms with Crippen molar-refractivity contribution in [1.82, 2.24) is 10.2 Å². The van der Waals surface area contributed by atoms with Crippen molar-refractivity contribution < 1.29 is 24.2 Å². The Morgan fingerprint density at radius 2 is 1.68 bits per heavy atom. The van der Waals surface area contributed by atoms with Crippen molar-refractivity contribution in [3.8, 4) is 5.75 Å². The molecule has 0 bridgehead atoms. The second-order valence-corrected chi connectivity index (χ2v) is 8.92. The minimum absolute atomic E-state index is 0.0809. The monoisotopic (exact) mass is 466 g/mol. The number of carboxylic acids is 1. The summed E-state index contributed by atoms with van der Waals surface area (Å²) in [6, 6.07) is 14.1. The van der Waals surface area contributed by atoms with Crippen LogP contribution in [0.4, 0.5) is 4.79 Å². The number of benzene rings is 2. The predicted molar refractivity (Wildman–Crippen MR) is 129 cm³/mol. The molecule has 7 heteroatoms. The number of nitrogens with zero attached hydrogens (tertiary/aromatic N) is 1. The molecule has 2 atom stereocenters. The Labute approximate surface area is 201 Å². The zero-order valence-electron chi connectivity index (χ0n) is 20.3. The van der Waals surface area contributed by atoms with E-state index in [4.69, 9.17) is 9.84 Å². The van der Waals surface area contributed by atoms with Gasteiger partial charge < -0.3 is 15.2 Å². The highest BCUT2D eigenvalue weighted by Crippen LogP contribution is 2.46. The van der Waals surface area contributed by atoms with Crippen molar-refractivity contribution in [2.24, 2.45) is 5.41 Å². The molecule has 0 radical (unpaired) electrons. The number of urea groups is 1. The van der Waals surface area contributed by atoms with Gasteiger partial charge in [-0.15, -0.1) is 0 Å². The lowest BCUT2D eigenvalue weighted by molar-refractivity contribution is -0.191. The van der Waals surface area contributed by atoms with Crippen LogP contribution < -0.4 is 10.1 Å². The molecule has 2 N–H and O–H groups in total. The van der Waals surface area contributed by atoms with Crippen molar-refractivity contribution in [1.29, 1.82) is 0 Å². The highest BCUT2D eigenvalue weighted by molar-refractivity contribution is 6.03. The molecule has 0 aromatic heterocycles. The number of nitrogens with one attached hydrogen (secondary N) is 1. The van der Waals surface area contributed by atoms with Crippen molar-refractivity contribution >= 4 is 17.9 Å². The third kappa shape index (κ3) is 5.08. The molecule has 0 aliphatic carbocycles. The van der Waals surface area contributed by atoms with E-state index in [1.807, 2.05) is 45.0 Å². The smallest absolute Gasteiger partial charge is 0.327 e. The van der Waals surface area contributed by atoms with Crippen LogP contribution in [0.1, 0.15) is 69.2 Å². The van der Waals surface area contributed by atoms with Gasteiger partial charge in [-0.25, -0.2) is 9.69 Å². The summed E-state index contributed by atoms with van der Waals surface area (Å²) in [6.45, 7) is 7.92. The third-order valence-corrected chi connectivity index (χ3v) is 6.71. The molecular formula is C27H34N2O5. The number of carboxylic acid groups (broad SMARTS) is 1. The Balaban J connectivity index is 1.81. The van der Waals surface area contributed by atoms with Crippen LogP contribution in [-0.2, 0) is 16.0 Å². The first-order valence-corrected chi connectivity index (χ1v) is 11.9. The number of rotatable bonds is 10. The largest absolute Gasteiger partial charge is 0.481 e. The molecule has 3 rings (SSSR count). The highest BCUT2D eigenvalue weighted by Gasteiger charge is 2.63. The van der Waals surface area contributed by atoms with Crippen LogP contribution in [0.15, 0.2) is 48.5 Å². The van der Waals surface area contributed by atoms with Crippen molar-refractivity contribution in [2.45, 2.75) is 72.1 Å². The number of amides is 3. The third-order valence-electron chi connectivity index (χ3n) is 6.71. The maximum absolute atomic E-state index is 13.3. The number of likely N-dealkylation sites (tertiary alicyclic amines) is 1. The summed E-state index contributed by atoms with van der Waals surface area (Å²) in [5, 5.41) is 12.0. The van der Waals surface area contributed by atoms with Gasteiger partial charge in [0.1, 0.15) is 11.2 Å². The van der Waals surface area contributed by atoms with Gasteiger partial charge in [0.2, 0.25) is 5.91 Å². The van der Waals surface area contributed by atoms with Gasteiger partial charge in [-0.3, -0.25) is 9.59 Å². The first kappa shape index (κ1) is 25.3. The minimum atomic E-state index is -0.910. The Kier molecular flexibility index (Phi) is 7.97. The quantitative estimate of drug-likeness (QED) is 0.468. The van der Waals surface area contributed by atoms with Crippen molar-refractivity contribution in [3.05, 3.63) is 65.2 Å². The summed E-state index contributed by atoms with van der Waals surface area (Å²) in [7, 11) is 0. The van der Waals surface area contributed by atoms with Gasteiger partial charge in [-0.05, 0) is 49.4 Å². The maximum atomic E-state index is 13.3. The summed E-state index contributed by atoms with van der Waals surface area (Å²) in [4.78, 5) is 38.6. The molecule has 182 valence electrons. The van der Waals surface area contributed by atoms with Crippen LogP contribution in [0.2, 0.25) is 0 Å². The number of β-lactam (4-membered cyclic amide) rings is 1. The standard InChI is InChI=1S/C27H34N2O5/c1-5-8-22(20-13-9-18(4)10-14-20)28-26(33)29-24(32)27(6-2,7-3)25(29)34-21-15-11-19(12-16-21)17-23(30)31/h9-16,22,25H,5-8,17H2,1-4H3,(H,28,33)(H,30,31)/t22-,25+/m1/s1. The zero-order valence-corrected chi connectivity index (χ0v) is 20.3. The molecule has 1 heterocycles. The Morgan fingerprint density at radius 3 is 2.21 bits per heavy atom. The number of carbonyl (C=O) groups excluding carboxylic acids is 2. The molecule has 1 fully saturated rings. The van der Waals surface area contributed by atoms with Crippen LogP contribution >= 0.6 is 0 Å².